The zero-order valence-corrected chi connectivity index (χ0v) is 31.8. The van der Waals surface area contributed by atoms with Gasteiger partial charge in [0.05, 0.1) is 48.7 Å². The predicted molar refractivity (Wildman–Crippen MR) is 191 cm³/mol. The first-order valence-electron chi connectivity index (χ1n) is 17.6. The second-order valence-corrected chi connectivity index (χ2v) is 14.9. The number of ether oxygens (including phenoxy) is 6. The van der Waals surface area contributed by atoms with Gasteiger partial charge >= 0.3 is 5.97 Å². The highest BCUT2D eigenvalue weighted by atomic mass is 16.7. The van der Waals surface area contributed by atoms with Crippen LogP contribution in [0, 0.1) is 18.3 Å². The predicted octanol–water partition coefficient (Wildman–Crippen LogP) is 5.75. The number of rotatable bonds is 19. The van der Waals surface area contributed by atoms with Crippen molar-refractivity contribution in [2.24, 2.45) is 11.8 Å². The van der Waals surface area contributed by atoms with Crippen LogP contribution in [0.3, 0.4) is 0 Å². The third-order valence-corrected chi connectivity index (χ3v) is 9.81. The average molecular weight is 688 g/mol. The van der Waals surface area contributed by atoms with Crippen molar-refractivity contribution in [1.29, 1.82) is 0 Å². The van der Waals surface area contributed by atoms with E-state index >= 15 is 0 Å². The van der Waals surface area contributed by atoms with Gasteiger partial charge in [0.15, 0.2) is 6.29 Å². The Hall–Kier alpha value is -2.31. The molecule has 0 aromatic heterocycles. The standard InChI is InChI=1S/C39H63N2O8/c1-13-17-33(45-25-30-18-15-14-16-19-30)32(24-42)41(11)23-26(2)22-39(8,44-12)36(47-34-21-31(40(9)10)20-27(3)46-34)28(4)35-29(5)37(43)49-38(6,7)48-35/h13-16,18-19,21,26-28,31-34,36,42H,1,17,20,22-25H2,2-12H3/t26-,27-,28+,31-,32+,33-,34+,36-,39-/m1/s1. The average Bonchev–Trinajstić information content (AvgIpc) is 3.04. The first-order valence-corrected chi connectivity index (χ1v) is 17.6. The van der Waals surface area contributed by atoms with Crippen molar-refractivity contribution < 1.29 is 38.3 Å². The van der Waals surface area contributed by atoms with Crippen molar-refractivity contribution in [3.05, 3.63) is 66.3 Å². The number of carbonyl (C=O) groups is 1. The zero-order valence-electron chi connectivity index (χ0n) is 31.8. The highest BCUT2D eigenvalue weighted by Gasteiger charge is 2.47. The maximum absolute atomic E-state index is 12.9. The number of methoxy groups -OCH3 is 1. The molecular formula is C39H63N2O8. The van der Waals surface area contributed by atoms with Crippen LogP contribution < -0.4 is 0 Å². The van der Waals surface area contributed by atoms with E-state index in [9.17, 15) is 9.90 Å². The molecule has 3 rings (SSSR count). The van der Waals surface area contributed by atoms with Crippen LogP contribution in [0.1, 0.15) is 73.3 Å². The Morgan fingerprint density at radius 2 is 1.84 bits per heavy atom. The second-order valence-electron chi connectivity index (χ2n) is 14.9. The number of likely N-dealkylation sites (N-methyl/N-ethyl adjacent to an activating group) is 1. The van der Waals surface area contributed by atoms with Gasteiger partial charge < -0.3 is 38.4 Å². The molecule has 49 heavy (non-hydrogen) atoms. The molecule has 10 nitrogen and oxygen atoms in total. The summed E-state index contributed by atoms with van der Waals surface area (Å²) in [4.78, 5) is 17.3. The summed E-state index contributed by atoms with van der Waals surface area (Å²) in [6.07, 6.45) is 4.60. The second kappa shape index (κ2) is 18.3. The lowest BCUT2D eigenvalue weighted by Crippen LogP contribution is -2.54. The maximum Gasteiger partial charge on any atom is 0.340 e. The van der Waals surface area contributed by atoms with E-state index in [2.05, 4.69) is 57.7 Å². The number of esters is 1. The Kier molecular flexibility index (Phi) is 15.3. The molecule has 1 aromatic rings. The van der Waals surface area contributed by atoms with Gasteiger partial charge in [0.1, 0.15) is 5.76 Å². The summed E-state index contributed by atoms with van der Waals surface area (Å²) in [7, 11) is 7.83. The van der Waals surface area contributed by atoms with E-state index in [4.69, 9.17) is 28.4 Å². The summed E-state index contributed by atoms with van der Waals surface area (Å²) in [6.45, 7) is 18.5. The van der Waals surface area contributed by atoms with Crippen LogP contribution in [-0.4, -0.2) is 110 Å². The molecule has 10 heteroatoms. The van der Waals surface area contributed by atoms with Crippen molar-refractivity contribution in [3.8, 4) is 0 Å². The molecular weight excluding hydrogens is 624 g/mol. The highest BCUT2D eigenvalue weighted by molar-refractivity contribution is 5.89. The van der Waals surface area contributed by atoms with Crippen LogP contribution in [0.25, 0.3) is 0 Å². The number of benzene rings is 1. The Morgan fingerprint density at radius 3 is 2.43 bits per heavy atom. The summed E-state index contributed by atoms with van der Waals surface area (Å²) < 4.78 is 37.8. The van der Waals surface area contributed by atoms with E-state index in [1.165, 1.54) is 0 Å². The summed E-state index contributed by atoms with van der Waals surface area (Å²) in [6, 6.07) is 9.98. The fourth-order valence-corrected chi connectivity index (χ4v) is 7.18. The van der Waals surface area contributed by atoms with Crippen molar-refractivity contribution in [1.82, 2.24) is 9.80 Å². The Balaban J connectivity index is 1.86. The molecule has 277 valence electrons. The molecule has 0 saturated carbocycles. The molecule has 9 atom stereocenters. The van der Waals surface area contributed by atoms with Crippen LogP contribution in [0.15, 0.2) is 54.3 Å². The van der Waals surface area contributed by atoms with Gasteiger partial charge in [-0.2, -0.15) is 0 Å². The number of hydrogen-bond donors (Lipinski definition) is 1. The molecule has 0 aliphatic carbocycles. The van der Waals surface area contributed by atoms with Crippen molar-refractivity contribution in [3.63, 3.8) is 0 Å². The third kappa shape index (κ3) is 11.3. The Labute approximate surface area is 295 Å². The number of aliphatic hydroxyl groups excluding tert-OH is 1. The lowest BCUT2D eigenvalue weighted by molar-refractivity contribution is -0.253. The summed E-state index contributed by atoms with van der Waals surface area (Å²) in [5.41, 5.74) is 0.663. The van der Waals surface area contributed by atoms with Gasteiger partial charge in [0, 0.05) is 45.9 Å². The largest absolute Gasteiger partial charge is 0.456 e. The summed E-state index contributed by atoms with van der Waals surface area (Å²) in [5.74, 6) is -1.29. The molecule has 2 aliphatic heterocycles. The summed E-state index contributed by atoms with van der Waals surface area (Å²) in [5, 5.41) is 10.6. The molecule has 2 aliphatic rings. The number of hydrogen-bond acceptors (Lipinski definition) is 10. The monoisotopic (exact) mass is 687 g/mol. The van der Waals surface area contributed by atoms with E-state index in [-0.39, 0.29) is 42.7 Å². The topological polar surface area (TPSA) is 99.2 Å². The van der Waals surface area contributed by atoms with E-state index in [0.29, 0.717) is 37.3 Å². The van der Waals surface area contributed by atoms with Crippen LogP contribution in [-0.2, 0) is 39.8 Å². The van der Waals surface area contributed by atoms with Crippen LogP contribution in [0.5, 0.6) is 0 Å². The molecule has 1 radical (unpaired) electrons. The minimum absolute atomic E-state index is 0.0106. The van der Waals surface area contributed by atoms with Gasteiger partial charge in [0.2, 0.25) is 5.79 Å². The summed E-state index contributed by atoms with van der Waals surface area (Å²) >= 11 is 0. The van der Waals surface area contributed by atoms with Gasteiger partial charge in [-0.1, -0.05) is 50.3 Å². The molecule has 0 spiro atoms. The van der Waals surface area contributed by atoms with Crippen molar-refractivity contribution in [2.45, 2.75) is 122 Å². The number of aliphatic hydroxyl groups is 1. The minimum atomic E-state index is -1.12. The molecule has 0 bridgehead atoms. The lowest BCUT2D eigenvalue weighted by atomic mass is 9.80. The Morgan fingerprint density at radius 1 is 1.16 bits per heavy atom. The fraction of sp³-hybridized carbons (Fsp3) is 0.692. The van der Waals surface area contributed by atoms with Crippen LogP contribution in [0.4, 0.5) is 0 Å². The molecule has 2 heterocycles. The number of nitrogens with zero attached hydrogens (tertiary/aromatic N) is 2. The SMILES string of the molecule is C=CC[C@@H](OCc1ccccc1)[C@H](CO)N(C)C[C@H](C)C[C@@](C)(OC)[C@H](O[C@H]1[CH][C@H](N(C)C)C[C@@H](C)O1)[C@@H](C)C1=C(C)C(=O)OC(C)(C)O1. The van der Waals surface area contributed by atoms with Crippen LogP contribution >= 0.6 is 0 Å². The molecule has 0 unspecified atom stereocenters. The smallest absolute Gasteiger partial charge is 0.340 e. The van der Waals surface area contributed by atoms with E-state index in [1.807, 2.05) is 50.4 Å². The lowest BCUT2D eigenvalue weighted by Gasteiger charge is -2.46. The number of cyclic esters (lactones) is 1. The molecule has 1 fully saturated rings. The molecule has 0 amide bonds. The van der Waals surface area contributed by atoms with Gasteiger partial charge in [-0.05, 0) is 72.7 Å². The molecule has 1 aromatic carbocycles. The van der Waals surface area contributed by atoms with E-state index in [1.54, 1.807) is 27.9 Å². The van der Waals surface area contributed by atoms with Crippen molar-refractivity contribution in [2.75, 3.05) is 41.4 Å². The maximum atomic E-state index is 12.9. The first kappa shape index (κ1) is 41.1. The fourth-order valence-electron chi connectivity index (χ4n) is 7.18. The first-order chi connectivity index (χ1) is 23.0. The normalized spacial score (nSPS) is 25.6. The Bertz CT molecular complexity index is 1220. The van der Waals surface area contributed by atoms with Gasteiger partial charge in [-0.15, -0.1) is 6.58 Å². The van der Waals surface area contributed by atoms with Crippen LogP contribution in [0.2, 0.25) is 0 Å². The molecule has 1 N–H and O–H groups in total. The zero-order chi connectivity index (χ0) is 36.5. The number of carbonyl (C=O) groups excluding carboxylic acids is 1. The van der Waals surface area contributed by atoms with Gasteiger partial charge in [0.25, 0.3) is 0 Å². The van der Waals surface area contributed by atoms with Gasteiger partial charge in [-0.3, -0.25) is 4.90 Å². The third-order valence-electron chi connectivity index (χ3n) is 9.81. The van der Waals surface area contributed by atoms with E-state index < -0.39 is 29.8 Å². The van der Waals surface area contributed by atoms with Gasteiger partial charge in [-0.25, -0.2) is 4.79 Å². The quantitative estimate of drug-likeness (QED) is 0.143. The van der Waals surface area contributed by atoms with Crippen molar-refractivity contribution >= 4 is 5.97 Å². The van der Waals surface area contributed by atoms with E-state index in [0.717, 1.165) is 12.0 Å². The minimum Gasteiger partial charge on any atom is -0.456 e. The molecule has 1 saturated heterocycles. The highest BCUT2D eigenvalue weighted by Crippen LogP contribution is 2.40.